The minimum absolute atomic E-state index is 0.117. The molecule has 0 N–H and O–H groups in total. The topological polar surface area (TPSA) is 169 Å². The lowest BCUT2D eigenvalue weighted by molar-refractivity contribution is -0.385. The first-order valence-corrected chi connectivity index (χ1v) is 12.0. The maximum atomic E-state index is 13.6. The van der Waals surface area contributed by atoms with Crippen molar-refractivity contribution in [3.63, 3.8) is 0 Å². The van der Waals surface area contributed by atoms with Gasteiger partial charge in [0.2, 0.25) is 17.5 Å². The quantitative estimate of drug-likeness (QED) is 0.138. The van der Waals surface area contributed by atoms with Crippen molar-refractivity contribution in [2.75, 3.05) is 0 Å². The third-order valence-corrected chi connectivity index (χ3v) is 6.07. The van der Waals surface area contributed by atoms with Crippen LogP contribution in [0.5, 0.6) is 11.6 Å². The molecule has 0 saturated heterocycles. The van der Waals surface area contributed by atoms with Gasteiger partial charge in [-0.15, -0.1) is 0 Å². The van der Waals surface area contributed by atoms with Gasteiger partial charge in [0.15, 0.2) is 5.76 Å². The molecule has 0 aliphatic carbocycles. The van der Waals surface area contributed by atoms with E-state index in [0.717, 1.165) is 22.3 Å². The third kappa shape index (κ3) is 4.74. The first-order chi connectivity index (χ1) is 19.9. The van der Waals surface area contributed by atoms with Gasteiger partial charge in [-0.25, -0.2) is 9.97 Å². The van der Waals surface area contributed by atoms with Gasteiger partial charge in [-0.05, 0) is 30.3 Å². The summed E-state index contributed by atoms with van der Waals surface area (Å²) in [5.41, 5.74) is -0.0192. The first-order valence-electron chi connectivity index (χ1n) is 12.0. The summed E-state index contributed by atoms with van der Waals surface area (Å²) in [5, 5.41) is 28.2. The summed E-state index contributed by atoms with van der Waals surface area (Å²) >= 11 is 0. The molecule has 0 saturated carbocycles. The lowest BCUT2D eigenvalue weighted by Crippen LogP contribution is -2.20. The molecule has 0 aliphatic rings. The number of pyridine rings is 1. The highest BCUT2D eigenvalue weighted by Gasteiger charge is 2.21. The van der Waals surface area contributed by atoms with E-state index in [-0.39, 0.29) is 34.5 Å². The fraction of sp³-hybridized carbons (Fsp3) is 0. The number of hydrogen-bond acceptors (Lipinski definition) is 10. The molecule has 0 fully saturated rings. The highest BCUT2D eigenvalue weighted by atomic mass is 16.6. The fourth-order valence-electron chi connectivity index (χ4n) is 4.15. The van der Waals surface area contributed by atoms with Crippen molar-refractivity contribution < 1.29 is 19.0 Å². The molecule has 0 amide bonds. The van der Waals surface area contributed by atoms with Crippen LogP contribution >= 0.6 is 0 Å². The van der Waals surface area contributed by atoms with E-state index in [2.05, 4.69) is 15.1 Å². The van der Waals surface area contributed by atoms with Gasteiger partial charge in [-0.1, -0.05) is 36.4 Å². The normalized spacial score (nSPS) is 11.3. The molecule has 13 nitrogen and oxygen atoms in total. The van der Waals surface area contributed by atoms with Crippen molar-refractivity contribution in [3.05, 3.63) is 127 Å². The number of nitro benzene ring substituents is 1. The monoisotopic (exact) mass is 548 g/mol. The van der Waals surface area contributed by atoms with Crippen molar-refractivity contribution >= 4 is 39.5 Å². The largest absolute Gasteiger partial charge is 0.453 e. The van der Waals surface area contributed by atoms with Crippen LogP contribution in [0.15, 0.2) is 105 Å². The van der Waals surface area contributed by atoms with Crippen LogP contribution in [0.3, 0.4) is 0 Å². The number of hydrogen-bond donors (Lipinski definition) is 0. The van der Waals surface area contributed by atoms with Crippen molar-refractivity contribution in [3.8, 4) is 23.2 Å². The number of benzene rings is 3. The second-order valence-electron chi connectivity index (χ2n) is 8.63. The van der Waals surface area contributed by atoms with E-state index in [4.69, 9.17) is 9.15 Å². The van der Waals surface area contributed by atoms with Crippen LogP contribution < -0.4 is 10.3 Å². The number of fused-ring (bicyclic) bond motifs is 2. The van der Waals surface area contributed by atoms with E-state index in [1.165, 1.54) is 30.5 Å². The van der Waals surface area contributed by atoms with Crippen LogP contribution in [-0.4, -0.2) is 30.7 Å². The zero-order valence-corrected chi connectivity index (χ0v) is 20.8. The van der Waals surface area contributed by atoms with Gasteiger partial charge in [0.1, 0.15) is 11.8 Å². The predicted molar refractivity (Wildman–Crippen MR) is 148 cm³/mol. The summed E-state index contributed by atoms with van der Waals surface area (Å²) in [6, 6.07) is 22.3. The van der Waals surface area contributed by atoms with Gasteiger partial charge in [0, 0.05) is 29.1 Å². The van der Waals surface area contributed by atoms with E-state index in [9.17, 15) is 25.0 Å². The second-order valence-corrected chi connectivity index (χ2v) is 8.63. The zero-order chi connectivity index (χ0) is 28.5. The minimum atomic E-state index is -0.651. The molecule has 0 radical (unpaired) electrons. The van der Waals surface area contributed by atoms with Gasteiger partial charge in [-0.2, -0.15) is 9.78 Å². The van der Waals surface area contributed by atoms with Gasteiger partial charge in [0.25, 0.3) is 11.2 Å². The molecular formula is C28H16N6O7. The highest BCUT2D eigenvalue weighted by Crippen LogP contribution is 2.34. The van der Waals surface area contributed by atoms with Gasteiger partial charge < -0.3 is 9.15 Å². The van der Waals surface area contributed by atoms with Crippen LogP contribution in [0.4, 0.5) is 11.4 Å². The number of nitro groups is 2. The molecule has 0 atom stereocenters. The number of rotatable bonds is 7. The number of furan rings is 1. The lowest BCUT2D eigenvalue weighted by Gasteiger charge is -2.09. The Labute approximate surface area is 228 Å². The number of aromatic nitrogens is 3. The van der Waals surface area contributed by atoms with Crippen LogP contribution in [0.1, 0.15) is 5.56 Å². The lowest BCUT2D eigenvalue weighted by atomic mass is 10.2. The Hall–Kier alpha value is -6.24. The van der Waals surface area contributed by atoms with E-state index < -0.39 is 21.1 Å². The van der Waals surface area contributed by atoms with E-state index in [0.29, 0.717) is 16.5 Å². The molecular weight excluding hydrogens is 532 g/mol. The summed E-state index contributed by atoms with van der Waals surface area (Å²) in [5.74, 6) is 0.0598. The average Bonchev–Trinajstić information content (AvgIpc) is 3.41. The molecule has 6 rings (SSSR count). The maximum absolute atomic E-state index is 13.6. The molecule has 0 aliphatic heterocycles. The molecule has 200 valence electrons. The molecule has 41 heavy (non-hydrogen) atoms. The van der Waals surface area contributed by atoms with Crippen molar-refractivity contribution in [2.24, 2.45) is 5.10 Å². The number of nitrogens with zero attached hydrogens (tertiary/aromatic N) is 6. The smallest absolute Gasteiger partial charge is 0.312 e. The van der Waals surface area contributed by atoms with Crippen LogP contribution in [0.2, 0.25) is 0 Å². The summed E-state index contributed by atoms with van der Waals surface area (Å²) < 4.78 is 12.7. The molecule has 0 spiro atoms. The van der Waals surface area contributed by atoms with Gasteiger partial charge in [-0.3, -0.25) is 25.0 Å². The summed E-state index contributed by atoms with van der Waals surface area (Å²) in [6.45, 7) is 0. The third-order valence-electron chi connectivity index (χ3n) is 6.07. The van der Waals surface area contributed by atoms with E-state index >= 15 is 0 Å². The zero-order valence-electron chi connectivity index (χ0n) is 20.8. The van der Waals surface area contributed by atoms with E-state index in [1.54, 1.807) is 36.4 Å². The highest BCUT2D eigenvalue weighted by molar-refractivity contribution is 5.87. The van der Waals surface area contributed by atoms with Crippen molar-refractivity contribution in [1.29, 1.82) is 0 Å². The molecule has 13 heteroatoms. The van der Waals surface area contributed by atoms with Gasteiger partial charge in [0.05, 0.1) is 27.0 Å². The predicted octanol–water partition coefficient (Wildman–Crippen LogP) is 5.70. The molecule has 0 bridgehead atoms. The Morgan fingerprint density at radius 1 is 0.927 bits per heavy atom. The summed E-state index contributed by atoms with van der Waals surface area (Å²) in [6.07, 6.45) is 2.19. The molecule has 3 heterocycles. The van der Waals surface area contributed by atoms with Gasteiger partial charge >= 0.3 is 5.69 Å². The Kier molecular flexibility index (Phi) is 6.20. The second kappa shape index (κ2) is 10.1. The van der Waals surface area contributed by atoms with Crippen LogP contribution in [0, 0.1) is 20.2 Å². The Balaban J connectivity index is 1.49. The molecule has 3 aromatic carbocycles. The Morgan fingerprint density at radius 3 is 2.49 bits per heavy atom. The van der Waals surface area contributed by atoms with E-state index in [1.807, 2.05) is 18.2 Å². The van der Waals surface area contributed by atoms with Crippen LogP contribution in [-0.2, 0) is 0 Å². The SMILES string of the molecule is O=c1c2ccccc2nc(-c2cc3ccccc3o2)n1N=Cc1cccc([N+](=O)[O-])c1Oc1ccc([N+](=O)[O-])cn1. The summed E-state index contributed by atoms with van der Waals surface area (Å²) in [4.78, 5) is 43.5. The summed E-state index contributed by atoms with van der Waals surface area (Å²) in [7, 11) is 0. The van der Waals surface area contributed by atoms with Crippen molar-refractivity contribution in [1.82, 2.24) is 14.6 Å². The number of ether oxygens (including phenoxy) is 1. The number of para-hydroxylation sites is 3. The van der Waals surface area contributed by atoms with Crippen molar-refractivity contribution in [2.45, 2.75) is 0 Å². The fourth-order valence-corrected chi connectivity index (χ4v) is 4.15. The molecule has 6 aromatic rings. The average molecular weight is 548 g/mol. The molecule has 0 unspecified atom stereocenters. The van der Waals surface area contributed by atoms with Crippen LogP contribution in [0.25, 0.3) is 33.5 Å². The minimum Gasteiger partial charge on any atom is -0.453 e. The standard InChI is InChI=1S/C28H16N6O7/c35-28-20-8-2-3-9-21(20)31-27(24-14-17-6-1-4-11-23(17)40-24)32(28)30-15-18-7-5-10-22(34(38)39)26(18)41-25-13-12-19(16-29-25)33(36)37/h1-16H. The Bertz CT molecular complexity index is 2030. The Morgan fingerprint density at radius 2 is 1.73 bits per heavy atom. The maximum Gasteiger partial charge on any atom is 0.312 e. The first kappa shape index (κ1) is 25.1. The molecule has 3 aromatic heterocycles.